The number of aliphatic hydroxyl groups is 1. The first-order valence-corrected chi connectivity index (χ1v) is 8.11. The van der Waals surface area contributed by atoms with E-state index in [1.807, 2.05) is 13.8 Å². The lowest BCUT2D eigenvalue weighted by Gasteiger charge is -2.23. The van der Waals surface area contributed by atoms with Crippen LogP contribution >= 0.6 is 0 Å². The first kappa shape index (κ1) is 20.1. The number of ketones is 1. The van der Waals surface area contributed by atoms with Gasteiger partial charge in [0.1, 0.15) is 5.60 Å². The molecule has 0 aliphatic carbocycles. The Bertz CT molecular complexity index is 547. The van der Waals surface area contributed by atoms with E-state index in [0.717, 1.165) is 11.3 Å². The molecule has 134 valence electrons. The fourth-order valence-electron chi connectivity index (χ4n) is 2.04. The lowest BCUT2D eigenvalue weighted by molar-refractivity contribution is -0.163. The zero-order valence-electron chi connectivity index (χ0n) is 15.1. The molecule has 0 amide bonds. The average Bonchev–Trinajstić information content (AvgIpc) is 2.49. The summed E-state index contributed by atoms with van der Waals surface area (Å²) in [6, 6.07) is 6.43. The maximum Gasteiger partial charge on any atom is 0.376 e. The number of aliphatic hydroxyl groups excluding tert-OH is 1. The normalized spacial score (nSPS) is 12.8. The maximum absolute atomic E-state index is 12.4. The van der Waals surface area contributed by atoms with Gasteiger partial charge in [-0.25, -0.2) is 10.2 Å². The summed E-state index contributed by atoms with van der Waals surface area (Å²) < 4.78 is 5.16. The highest BCUT2D eigenvalue weighted by atomic mass is 16.6. The molecule has 0 fully saturated rings. The Balaban J connectivity index is 2.73. The Morgan fingerprint density at radius 3 is 2.21 bits per heavy atom. The predicted molar refractivity (Wildman–Crippen MR) is 93.2 cm³/mol. The zero-order valence-corrected chi connectivity index (χ0v) is 15.1. The van der Waals surface area contributed by atoms with Crippen LogP contribution in [0, 0.1) is 5.92 Å². The van der Waals surface area contributed by atoms with Crippen molar-refractivity contribution in [2.75, 3.05) is 5.43 Å². The van der Waals surface area contributed by atoms with Crippen LogP contribution in [0.3, 0.4) is 0 Å². The molecular weight excluding hydrogens is 308 g/mol. The van der Waals surface area contributed by atoms with E-state index in [1.54, 1.807) is 45.0 Å². The monoisotopic (exact) mass is 336 g/mol. The highest BCUT2D eigenvalue weighted by Gasteiger charge is 2.30. The average molecular weight is 336 g/mol. The minimum absolute atomic E-state index is 0.0270. The molecule has 0 saturated carbocycles. The summed E-state index contributed by atoms with van der Waals surface area (Å²) in [6.07, 6.45) is 0.500. The second-order valence-electron chi connectivity index (χ2n) is 7.17. The SMILES string of the molecule is CC(C)C[C@H](NNc1ccc(CO)cc1)C(=O)C(=O)OC(C)(C)C. The molecule has 0 heterocycles. The van der Waals surface area contributed by atoms with E-state index in [4.69, 9.17) is 9.84 Å². The molecule has 0 bridgehead atoms. The number of hydrazine groups is 1. The number of carbonyl (C=O) groups is 2. The lowest BCUT2D eigenvalue weighted by Crippen LogP contribution is -2.46. The van der Waals surface area contributed by atoms with Gasteiger partial charge in [0.05, 0.1) is 12.6 Å². The van der Waals surface area contributed by atoms with Crippen LogP contribution in [0.4, 0.5) is 5.69 Å². The minimum Gasteiger partial charge on any atom is -0.454 e. The molecule has 0 saturated heterocycles. The molecule has 1 atom stereocenters. The van der Waals surface area contributed by atoms with Crippen molar-refractivity contribution < 1.29 is 19.4 Å². The number of hydrogen-bond donors (Lipinski definition) is 3. The maximum atomic E-state index is 12.4. The van der Waals surface area contributed by atoms with Gasteiger partial charge in [-0.3, -0.25) is 4.79 Å². The van der Waals surface area contributed by atoms with E-state index >= 15 is 0 Å². The largest absolute Gasteiger partial charge is 0.454 e. The zero-order chi connectivity index (χ0) is 18.3. The third kappa shape index (κ3) is 7.10. The topological polar surface area (TPSA) is 87.7 Å². The van der Waals surface area contributed by atoms with Gasteiger partial charge in [0.2, 0.25) is 0 Å². The quantitative estimate of drug-likeness (QED) is 0.384. The molecule has 0 aliphatic heterocycles. The van der Waals surface area contributed by atoms with Crippen molar-refractivity contribution in [2.45, 2.75) is 59.3 Å². The van der Waals surface area contributed by atoms with E-state index in [9.17, 15) is 9.59 Å². The van der Waals surface area contributed by atoms with Crippen LogP contribution < -0.4 is 10.9 Å². The smallest absolute Gasteiger partial charge is 0.376 e. The Hall–Kier alpha value is -1.92. The second-order valence-corrected chi connectivity index (χ2v) is 7.17. The summed E-state index contributed by atoms with van der Waals surface area (Å²) >= 11 is 0. The highest BCUT2D eigenvalue weighted by Crippen LogP contribution is 2.13. The molecule has 1 aromatic carbocycles. The van der Waals surface area contributed by atoms with Crippen molar-refractivity contribution in [3.8, 4) is 0 Å². The van der Waals surface area contributed by atoms with Gasteiger partial charge in [0.25, 0.3) is 5.78 Å². The number of Topliss-reactive ketones (excluding diaryl/α,β-unsaturated/α-hetero) is 1. The minimum atomic E-state index is -0.835. The van der Waals surface area contributed by atoms with Gasteiger partial charge in [0, 0.05) is 5.69 Å². The number of nitrogens with one attached hydrogen (secondary N) is 2. The van der Waals surface area contributed by atoms with Gasteiger partial charge in [-0.1, -0.05) is 26.0 Å². The molecule has 6 nitrogen and oxygen atoms in total. The van der Waals surface area contributed by atoms with E-state index in [0.29, 0.717) is 6.42 Å². The number of hydrogen-bond acceptors (Lipinski definition) is 6. The lowest BCUT2D eigenvalue weighted by atomic mass is 10.0. The molecule has 0 aliphatic rings. The van der Waals surface area contributed by atoms with Crippen molar-refractivity contribution >= 4 is 17.4 Å². The van der Waals surface area contributed by atoms with Crippen molar-refractivity contribution in [3.63, 3.8) is 0 Å². The van der Waals surface area contributed by atoms with Crippen LogP contribution in [0.2, 0.25) is 0 Å². The van der Waals surface area contributed by atoms with Gasteiger partial charge in [-0.15, -0.1) is 0 Å². The first-order chi connectivity index (χ1) is 11.1. The Labute approximate surface area is 143 Å². The van der Waals surface area contributed by atoms with Crippen molar-refractivity contribution in [2.24, 2.45) is 5.92 Å². The number of esters is 1. The van der Waals surface area contributed by atoms with Gasteiger partial charge in [0.15, 0.2) is 0 Å². The van der Waals surface area contributed by atoms with Crippen molar-refractivity contribution in [1.82, 2.24) is 5.43 Å². The van der Waals surface area contributed by atoms with Crippen molar-refractivity contribution in [1.29, 1.82) is 0 Å². The Morgan fingerprint density at radius 2 is 1.75 bits per heavy atom. The van der Waals surface area contributed by atoms with Crippen LogP contribution in [-0.2, 0) is 20.9 Å². The number of ether oxygens (including phenoxy) is 1. The summed E-state index contributed by atoms with van der Waals surface area (Å²) in [5.41, 5.74) is 6.67. The van der Waals surface area contributed by atoms with Gasteiger partial charge >= 0.3 is 5.97 Å². The van der Waals surface area contributed by atoms with E-state index in [-0.39, 0.29) is 12.5 Å². The predicted octanol–water partition coefficient (Wildman–Crippen LogP) is 2.42. The van der Waals surface area contributed by atoms with Crippen LogP contribution in [0.25, 0.3) is 0 Å². The van der Waals surface area contributed by atoms with Gasteiger partial charge < -0.3 is 15.3 Å². The Morgan fingerprint density at radius 1 is 1.17 bits per heavy atom. The molecule has 3 N–H and O–H groups in total. The van der Waals surface area contributed by atoms with Crippen LogP contribution in [0.1, 0.15) is 46.6 Å². The van der Waals surface area contributed by atoms with Gasteiger partial charge in [-0.2, -0.15) is 0 Å². The summed E-state index contributed by atoms with van der Waals surface area (Å²) in [5.74, 6) is -1.20. The van der Waals surface area contributed by atoms with Crippen LogP contribution in [0.15, 0.2) is 24.3 Å². The van der Waals surface area contributed by atoms with Crippen LogP contribution in [0.5, 0.6) is 0 Å². The molecule has 0 unspecified atom stereocenters. The second kappa shape index (κ2) is 8.80. The number of benzene rings is 1. The third-order valence-electron chi connectivity index (χ3n) is 3.15. The van der Waals surface area contributed by atoms with E-state index in [1.165, 1.54) is 0 Å². The molecular formula is C18H28N2O4. The molecule has 0 radical (unpaired) electrons. The van der Waals surface area contributed by atoms with E-state index < -0.39 is 23.4 Å². The molecule has 0 spiro atoms. The van der Waals surface area contributed by atoms with Gasteiger partial charge in [-0.05, 0) is 50.8 Å². The highest BCUT2D eigenvalue weighted by molar-refractivity contribution is 6.35. The molecule has 24 heavy (non-hydrogen) atoms. The summed E-state index contributed by atoms with van der Waals surface area (Å²) in [5, 5.41) is 9.04. The molecule has 0 aromatic heterocycles. The summed E-state index contributed by atoms with van der Waals surface area (Å²) in [7, 11) is 0. The van der Waals surface area contributed by atoms with Crippen LogP contribution in [-0.4, -0.2) is 28.5 Å². The molecule has 6 heteroatoms. The van der Waals surface area contributed by atoms with E-state index in [2.05, 4.69) is 10.9 Å². The third-order valence-corrected chi connectivity index (χ3v) is 3.15. The fraction of sp³-hybridized carbons (Fsp3) is 0.556. The molecule has 1 aromatic rings. The number of anilines is 1. The summed E-state index contributed by atoms with van der Waals surface area (Å²) in [4.78, 5) is 24.4. The first-order valence-electron chi connectivity index (χ1n) is 8.11. The fourth-order valence-corrected chi connectivity index (χ4v) is 2.04. The Kier molecular flexibility index (Phi) is 7.38. The number of carbonyl (C=O) groups excluding carboxylic acids is 2. The standard InChI is InChI=1S/C18H28N2O4/c1-12(2)10-15(16(22)17(23)24-18(3,4)5)20-19-14-8-6-13(11-21)7-9-14/h6-9,12,15,19-21H,10-11H2,1-5H3/t15-/m0/s1. The van der Waals surface area contributed by atoms with Crippen molar-refractivity contribution in [3.05, 3.63) is 29.8 Å². The summed E-state index contributed by atoms with van der Waals surface area (Å²) in [6.45, 7) is 9.11. The molecule has 1 rings (SSSR count). The number of rotatable bonds is 8.